The molecule has 0 aliphatic heterocycles. The Labute approximate surface area is 114 Å². The van der Waals surface area contributed by atoms with Crippen molar-refractivity contribution in [2.45, 2.75) is 31.7 Å². The fraction of sp³-hybridized carbons (Fsp3) is 0.462. The third-order valence-electron chi connectivity index (χ3n) is 2.99. The van der Waals surface area contributed by atoms with Crippen LogP contribution < -0.4 is 10.5 Å². The average Bonchev–Trinajstić information content (AvgIpc) is 2.35. The van der Waals surface area contributed by atoms with Crippen molar-refractivity contribution in [3.05, 3.63) is 29.3 Å². The first-order valence-corrected chi connectivity index (χ1v) is 7.52. The standard InChI is InChI=1S/C13H19N3O2S/c1-9(2)13(15)8-16-19(17,18)12-5-4-11(7-14)10(3)6-12/h4-6,9,13,16H,8,15H2,1-3H3. The van der Waals surface area contributed by atoms with Gasteiger partial charge in [0.15, 0.2) is 0 Å². The van der Waals surface area contributed by atoms with Crippen LogP contribution in [0.5, 0.6) is 0 Å². The zero-order chi connectivity index (χ0) is 14.6. The molecular formula is C13H19N3O2S. The summed E-state index contributed by atoms with van der Waals surface area (Å²) in [6, 6.07) is 6.20. The monoisotopic (exact) mass is 281 g/mol. The van der Waals surface area contributed by atoms with Gasteiger partial charge in [-0.05, 0) is 36.6 Å². The molecule has 6 heteroatoms. The van der Waals surface area contributed by atoms with Crippen LogP contribution in [0.4, 0.5) is 0 Å². The molecule has 0 saturated heterocycles. The van der Waals surface area contributed by atoms with Crippen LogP contribution in [0.1, 0.15) is 25.0 Å². The predicted molar refractivity (Wildman–Crippen MR) is 73.9 cm³/mol. The molecule has 3 N–H and O–H groups in total. The van der Waals surface area contributed by atoms with E-state index >= 15 is 0 Å². The predicted octanol–water partition coefficient (Wildman–Crippen LogP) is 1.13. The summed E-state index contributed by atoms with van der Waals surface area (Å²) in [5, 5.41) is 8.82. The molecule has 0 aliphatic rings. The number of hydrogen-bond acceptors (Lipinski definition) is 4. The Bertz CT molecular complexity index is 588. The molecule has 0 heterocycles. The topological polar surface area (TPSA) is 96.0 Å². The van der Waals surface area contributed by atoms with E-state index in [0.717, 1.165) is 0 Å². The minimum atomic E-state index is -3.58. The molecule has 104 valence electrons. The quantitative estimate of drug-likeness (QED) is 0.845. The second kappa shape index (κ2) is 6.15. The van der Waals surface area contributed by atoms with Crippen molar-refractivity contribution in [3.8, 4) is 6.07 Å². The molecule has 0 amide bonds. The third-order valence-corrected chi connectivity index (χ3v) is 4.42. The van der Waals surface area contributed by atoms with E-state index in [9.17, 15) is 8.42 Å². The highest BCUT2D eigenvalue weighted by molar-refractivity contribution is 7.89. The van der Waals surface area contributed by atoms with Crippen LogP contribution in [-0.4, -0.2) is 21.0 Å². The molecule has 0 saturated carbocycles. The summed E-state index contributed by atoms with van der Waals surface area (Å²) < 4.78 is 26.6. The van der Waals surface area contributed by atoms with Crippen LogP contribution in [0.3, 0.4) is 0 Å². The van der Waals surface area contributed by atoms with Crippen molar-refractivity contribution in [2.24, 2.45) is 11.7 Å². The number of hydrogen-bond donors (Lipinski definition) is 2. The van der Waals surface area contributed by atoms with Crippen LogP contribution in [-0.2, 0) is 10.0 Å². The first kappa shape index (κ1) is 15.6. The molecule has 1 rings (SSSR count). The van der Waals surface area contributed by atoms with Crippen molar-refractivity contribution >= 4 is 10.0 Å². The zero-order valence-corrected chi connectivity index (χ0v) is 12.2. The third kappa shape index (κ3) is 4.03. The summed E-state index contributed by atoms with van der Waals surface area (Å²) in [5.74, 6) is 0.199. The number of aryl methyl sites for hydroxylation is 1. The second-order valence-corrected chi connectivity index (χ2v) is 6.62. The van der Waals surface area contributed by atoms with E-state index in [4.69, 9.17) is 11.0 Å². The van der Waals surface area contributed by atoms with Crippen LogP contribution in [0.25, 0.3) is 0 Å². The number of nitrogens with zero attached hydrogens (tertiary/aromatic N) is 1. The van der Waals surface area contributed by atoms with Crippen molar-refractivity contribution < 1.29 is 8.42 Å². The Morgan fingerprint density at radius 1 is 1.42 bits per heavy atom. The molecular weight excluding hydrogens is 262 g/mol. The first-order valence-electron chi connectivity index (χ1n) is 6.04. The van der Waals surface area contributed by atoms with Gasteiger partial charge < -0.3 is 5.73 Å². The summed E-state index contributed by atoms with van der Waals surface area (Å²) in [4.78, 5) is 0.153. The summed E-state index contributed by atoms with van der Waals surface area (Å²) in [6.07, 6.45) is 0. The lowest BCUT2D eigenvalue weighted by Crippen LogP contribution is -2.40. The maximum absolute atomic E-state index is 12.1. The Morgan fingerprint density at radius 3 is 2.53 bits per heavy atom. The van der Waals surface area contributed by atoms with E-state index < -0.39 is 10.0 Å². The molecule has 1 unspecified atom stereocenters. The maximum atomic E-state index is 12.1. The minimum absolute atomic E-state index is 0.153. The largest absolute Gasteiger partial charge is 0.326 e. The fourth-order valence-corrected chi connectivity index (χ4v) is 2.61. The molecule has 0 spiro atoms. The first-order chi connectivity index (χ1) is 8.77. The van der Waals surface area contributed by atoms with E-state index in [1.165, 1.54) is 18.2 Å². The highest BCUT2D eigenvalue weighted by atomic mass is 32.2. The van der Waals surface area contributed by atoms with Gasteiger partial charge in [-0.2, -0.15) is 5.26 Å². The van der Waals surface area contributed by atoms with E-state index in [1.807, 2.05) is 19.9 Å². The van der Waals surface area contributed by atoms with Crippen molar-refractivity contribution in [3.63, 3.8) is 0 Å². The zero-order valence-electron chi connectivity index (χ0n) is 11.3. The number of benzene rings is 1. The van der Waals surface area contributed by atoms with Gasteiger partial charge in [0.1, 0.15) is 0 Å². The summed E-state index contributed by atoms with van der Waals surface area (Å²) in [6.45, 7) is 5.77. The molecule has 0 radical (unpaired) electrons. The Kier molecular flexibility index (Phi) is 5.06. The SMILES string of the molecule is Cc1cc(S(=O)(=O)NCC(N)C(C)C)ccc1C#N. The number of nitriles is 1. The number of nitrogens with one attached hydrogen (secondary N) is 1. The van der Waals surface area contributed by atoms with Crippen LogP contribution in [0, 0.1) is 24.2 Å². The van der Waals surface area contributed by atoms with Gasteiger partial charge in [-0.1, -0.05) is 13.8 Å². The molecule has 5 nitrogen and oxygen atoms in total. The molecule has 0 aliphatic carbocycles. The van der Waals surface area contributed by atoms with Gasteiger partial charge in [0.05, 0.1) is 16.5 Å². The van der Waals surface area contributed by atoms with Gasteiger partial charge in [-0.25, -0.2) is 13.1 Å². The van der Waals surface area contributed by atoms with Crippen LogP contribution in [0.15, 0.2) is 23.1 Å². The second-order valence-electron chi connectivity index (χ2n) is 4.85. The lowest BCUT2D eigenvalue weighted by molar-refractivity contribution is 0.481. The van der Waals surface area contributed by atoms with Crippen LogP contribution in [0.2, 0.25) is 0 Å². The highest BCUT2D eigenvalue weighted by Crippen LogP contribution is 2.14. The van der Waals surface area contributed by atoms with Crippen LogP contribution >= 0.6 is 0 Å². The lowest BCUT2D eigenvalue weighted by atomic mass is 10.1. The number of nitrogens with two attached hydrogens (primary N) is 1. The molecule has 19 heavy (non-hydrogen) atoms. The van der Waals surface area contributed by atoms with Crippen molar-refractivity contribution in [2.75, 3.05) is 6.54 Å². The fourth-order valence-electron chi connectivity index (χ4n) is 1.45. The molecule has 0 aromatic heterocycles. The maximum Gasteiger partial charge on any atom is 0.240 e. The number of sulfonamides is 1. The summed E-state index contributed by atoms with van der Waals surface area (Å²) in [5.41, 5.74) is 6.92. The van der Waals surface area contributed by atoms with Crippen molar-refractivity contribution in [1.29, 1.82) is 5.26 Å². The lowest BCUT2D eigenvalue weighted by Gasteiger charge is -2.16. The molecule has 1 aromatic rings. The average molecular weight is 281 g/mol. The van der Waals surface area contributed by atoms with Gasteiger partial charge in [-0.3, -0.25) is 0 Å². The van der Waals surface area contributed by atoms with E-state index in [-0.39, 0.29) is 23.4 Å². The summed E-state index contributed by atoms with van der Waals surface area (Å²) >= 11 is 0. The molecule has 0 fully saturated rings. The van der Waals surface area contributed by atoms with Gasteiger partial charge in [0.25, 0.3) is 0 Å². The van der Waals surface area contributed by atoms with Gasteiger partial charge >= 0.3 is 0 Å². The van der Waals surface area contributed by atoms with E-state index in [2.05, 4.69) is 4.72 Å². The normalized spacial score (nSPS) is 13.3. The smallest absolute Gasteiger partial charge is 0.240 e. The van der Waals surface area contributed by atoms with E-state index in [0.29, 0.717) is 11.1 Å². The Hall–Kier alpha value is -1.42. The minimum Gasteiger partial charge on any atom is -0.326 e. The molecule has 1 aromatic carbocycles. The Morgan fingerprint density at radius 2 is 2.05 bits per heavy atom. The van der Waals surface area contributed by atoms with Gasteiger partial charge in [0.2, 0.25) is 10.0 Å². The summed E-state index contributed by atoms with van der Waals surface area (Å²) in [7, 11) is -3.58. The van der Waals surface area contributed by atoms with Gasteiger partial charge in [0, 0.05) is 12.6 Å². The highest BCUT2D eigenvalue weighted by Gasteiger charge is 2.17. The Balaban J connectivity index is 2.90. The van der Waals surface area contributed by atoms with Crippen molar-refractivity contribution in [1.82, 2.24) is 4.72 Å². The molecule has 1 atom stereocenters. The number of rotatable bonds is 5. The molecule has 0 bridgehead atoms. The van der Waals surface area contributed by atoms with Gasteiger partial charge in [-0.15, -0.1) is 0 Å². The van der Waals surface area contributed by atoms with E-state index in [1.54, 1.807) is 6.92 Å².